The maximum Gasteiger partial charge on any atom is 0.107 e. The fraction of sp³-hybridized carbons (Fsp3) is 1.00. The molecule has 15 heavy (non-hydrogen) atoms. The Morgan fingerprint density at radius 1 is 1.20 bits per heavy atom. The van der Waals surface area contributed by atoms with E-state index >= 15 is 0 Å². The lowest BCUT2D eigenvalue weighted by atomic mass is 10.0. The van der Waals surface area contributed by atoms with Gasteiger partial charge in [0.05, 0.1) is 25.4 Å². The summed E-state index contributed by atoms with van der Waals surface area (Å²) in [7, 11) is 1.72. The Kier molecular flexibility index (Phi) is 6.17. The second-order valence-corrected chi connectivity index (χ2v) is 3.62. The Hall–Kier alpha value is -0.160. The Labute approximate surface area is 91.8 Å². The van der Waals surface area contributed by atoms with E-state index in [9.17, 15) is 0 Å². The second-order valence-electron chi connectivity index (χ2n) is 3.62. The van der Waals surface area contributed by atoms with Gasteiger partial charge in [-0.25, -0.2) is 0 Å². The van der Waals surface area contributed by atoms with Crippen LogP contribution in [0.15, 0.2) is 0 Å². The van der Waals surface area contributed by atoms with Crippen molar-refractivity contribution in [3.05, 3.63) is 0 Å². The molecule has 0 aromatic carbocycles. The van der Waals surface area contributed by atoms with Crippen LogP contribution in [0, 0.1) is 0 Å². The largest absolute Gasteiger partial charge is 0.379 e. The molecule has 1 rings (SSSR count). The van der Waals surface area contributed by atoms with Crippen molar-refractivity contribution in [2.75, 3.05) is 33.5 Å². The zero-order chi connectivity index (χ0) is 11.1. The first kappa shape index (κ1) is 12.9. The first-order valence-electron chi connectivity index (χ1n) is 5.65. The SMILES string of the molecule is CCOCC1CC(OC)C(OCC)CO1. The van der Waals surface area contributed by atoms with Crippen LogP contribution in [0.1, 0.15) is 20.3 Å². The molecule has 0 bridgehead atoms. The number of rotatable bonds is 6. The standard InChI is InChI=1S/C11H22O4/c1-4-13-7-9-6-10(12-3)11(8-15-9)14-5-2/h9-11H,4-8H2,1-3H3. The van der Waals surface area contributed by atoms with Crippen molar-refractivity contribution in [1.29, 1.82) is 0 Å². The minimum atomic E-state index is 0.0675. The highest BCUT2D eigenvalue weighted by atomic mass is 16.6. The minimum absolute atomic E-state index is 0.0675. The van der Waals surface area contributed by atoms with E-state index in [-0.39, 0.29) is 18.3 Å². The predicted octanol–water partition coefficient (Wildman–Crippen LogP) is 1.23. The molecule has 0 aromatic heterocycles. The van der Waals surface area contributed by atoms with E-state index in [1.54, 1.807) is 7.11 Å². The van der Waals surface area contributed by atoms with Crippen LogP contribution in [0.4, 0.5) is 0 Å². The van der Waals surface area contributed by atoms with Crippen LogP contribution in [0.25, 0.3) is 0 Å². The molecule has 0 radical (unpaired) electrons. The first-order valence-corrected chi connectivity index (χ1v) is 5.65. The van der Waals surface area contributed by atoms with Crippen LogP contribution < -0.4 is 0 Å². The lowest BCUT2D eigenvalue weighted by Crippen LogP contribution is -2.45. The third-order valence-corrected chi connectivity index (χ3v) is 2.60. The Morgan fingerprint density at radius 2 is 2.00 bits per heavy atom. The maximum absolute atomic E-state index is 5.65. The summed E-state index contributed by atoms with van der Waals surface area (Å²) in [5.41, 5.74) is 0. The molecule has 0 aliphatic carbocycles. The van der Waals surface area contributed by atoms with Gasteiger partial charge in [-0.15, -0.1) is 0 Å². The molecular weight excluding hydrogens is 196 g/mol. The van der Waals surface area contributed by atoms with E-state index in [0.29, 0.717) is 19.8 Å². The molecular formula is C11H22O4. The fourth-order valence-corrected chi connectivity index (χ4v) is 1.80. The second kappa shape index (κ2) is 7.17. The van der Waals surface area contributed by atoms with Crippen molar-refractivity contribution < 1.29 is 18.9 Å². The monoisotopic (exact) mass is 218 g/mol. The summed E-state index contributed by atoms with van der Waals surface area (Å²) in [6.07, 6.45) is 1.19. The van der Waals surface area contributed by atoms with Crippen LogP contribution >= 0.6 is 0 Å². The van der Waals surface area contributed by atoms with E-state index in [2.05, 4.69) is 0 Å². The smallest absolute Gasteiger partial charge is 0.107 e. The first-order chi connectivity index (χ1) is 7.31. The van der Waals surface area contributed by atoms with Crippen molar-refractivity contribution in [3.8, 4) is 0 Å². The Balaban J connectivity index is 2.33. The fourth-order valence-electron chi connectivity index (χ4n) is 1.80. The molecule has 1 saturated heterocycles. The predicted molar refractivity (Wildman–Crippen MR) is 57.1 cm³/mol. The van der Waals surface area contributed by atoms with Gasteiger partial charge in [-0.3, -0.25) is 0 Å². The molecule has 1 heterocycles. The third-order valence-electron chi connectivity index (χ3n) is 2.60. The molecule has 3 atom stereocenters. The quantitative estimate of drug-likeness (QED) is 0.672. The summed E-state index contributed by atoms with van der Waals surface area (Å²) < 4.78 is 21.9. The van der Waals surface area contributed by atoms with Crippen LogP contribution in [0.2, 0.25) is 0 Å². The van der Waals surface area contributed by atoms with Gasteiger partial charge in [-0.05, 0) is 13.8 Å². The molecule has 0 amide bonds. The van der Waals surface area contributed by atoms with Gasteiger partial charge < -0.3 is 18.9 Å². The number of hydrogen-bond acceptors (Lipinski definition) is 4. The third kappa shape index (κ3) is 4.07. The van der Waals surface area contributed by atoms with Crippen molar-refractivity contribution in [1.82, 2.24) is 0 Å². The summed E-state index contributed by atoms with van der Waals surface area (Å²) in [6.45, 7) is 6.65. The molecule has 3 unspecified atom stereocenters. The van der Waals surface area contributed by atoms with Gasteiger partial charge in [-0.1, -0.05) is 0 Å². The Morgan fingerprint density at radius 3 is 2.60 bits per heavy atom. The summed E-state index contributed by atoms with van der Waals surface area (Å²) in [5.74, 6) is 0. The summed E-state index contributed by atoms with van der Waals surface area (Å²) in [5, 5.41) is 0. The van der Waals surface area contributed by atoms with E-state index in [0.717, 1.165) is 13.0 Å². The van der Waals surface area contributed by atoms with Gasteiger partial charge in [0.2, 0.25) is 0 Å². The lowest BCUT2D eigenvalue weighted by molar-refractivity contribution is -0.164. The molecule has 1 aliphatic rings. The highest BCUT2D eigenvalue weighted by molar-refractivity contribution is 4.80. The summed E-state index contributed by atoms with van der Waals surface area (Å²) in [6, 6.07) is 0. The van der Waals surface area contributed by atoms with Gasteiger partial charge in [0.1, 0.15) is 6.10 Å². The number of ether oxygens (including phenoxy) is 4. The topological polar surface area (TPSA) is 36.9 Å². The Bertz CT molecular complexity index is 163. The molecule has 1 aliphatic heterocycles. The van der Waals surface area contributed by atoms with Gasteiger partial charge in [0.25, 0.3) is 0 Å². The van der Waals surface area contributed by atoms with Crippen LogP contribution in [-0.4, -0.2) is 51.8 Å². The normalized spacial score (nSPS) is 31.8. The summed E-state index contributed by atoms with van der Waals surface area (Å²) in [4.78, 5) is 0. The molecule has 4 heteroatoms. The molecule has 90 valence electrons. The number of methoxy groups -OCH3 is 1. The van der Waals surface area contributed by atoms with Gasteiger partial charge in [0.15, 0.2) is 0 Å². The highest BCUT2D eigenvalue weighted by Gasteiger charge is 2.31. The van der Waals surface area contributed by atoms with Crippen molar-refractivity contribution in [3.63, 3.8) is 0 Å². The zero-order valence-electron chi connectivity index (χ0n) is 9.90. The number of hydrogen-bond donors (Lipinski definition) is 0. The van der Waals surface area contributed by atoms with Gasteiger partial charge >= 0.3 is 0 Å². The van der Waals surface area contributed by atoms with Crippen LogP contribution in [0.5, 0.6) is 0 Å². The molecule has 1 fully saturated rings. The average Bonchev–Trinajstić information content (AvgIpc) is 2.28. The maximum atomic E-state index is 5.65. The molecule has 0 aromatic rings. The van der Waals surface area contributed by atoms with E-state index < -0.39 is 0 Å². The molecule has 0 N–H and O–H groups in total. The molecule has 0 saturated carbocycles. The lowest BCUT2D eigenvalue weighted by Gasteiger charge is -2.34. The van der Waals surface area contributed by atoms with E-state index in [1.807, 2.05) is 13.8 Å². The van der Waals surface area contributed by atoms with E-state index in [4.69, 9.17) is 18.9 Å². The average molecular weight is 218 g/mol. The van der Waals surface area contributed by atoms with Crippen molar-refractivity contribution in [2.24, 2.45) is 0 Å². The summed E-state index contributed by atoms with van der Waals surface area (Å²) >= 11 is 0. The van der Waals surface area contributed by atoms with Gasteiger partial charge in [0, 0.05) is 26.7 Å². The van der Waals surface area contributed by atoms with Crippen molar-refractivity contribution >= 4 is 0 Å². The van der Waals surface area contributed by atoms with Crippen molar-refractivity contribution in [2.45, 2.75) is 38.6 Å². The minimum Gasteiger partial charge on any atom is -0.379 e. The molecule has 0 spiro atoms. The highest BCUT2D eigenvalue weighted by Crippen LogP contribution is 2.19. The van der Waals surface area contributed by atoms with Crippen LogP contribution in [-0.2, 0) is 18.9 Å². The van der Waals surface area contributed by atoms with E-state index in [1.165, 1.54) is 0 Å². The van der Waals surface area contributed by atoms with Crippen LogP contribution in [0.3, 0.4) is 0 Å². The molecule has 4 nitrogen and oxygen atoms in total. The van der Waals surface area contributed by atoms with Gasteiger partial charge in [-0.2, -0.15) is 0 Å². The zero-order valence-corrected chi connectivity index (χ0v) is 9.90.